The Balaban J connectivity index is 0.00000361. The molecule has 4 aromatic carbocycles. The van der Waals surface area contributed by atoms with Crippen molar-refractivity contribution in [3.8, 4) is 28.8 Å². The maximum Gasteiger partial charge on any atom is 2.00 e. The summed E-state index contributed by atoms with van der Waals surface area (Å²) in [5.41, 5.74) is 7.29. The average Bonchev–Trinajstić information content (AvgIpc) is 3.72. The molecule has 0 N–H and O–H groups in total. The second-order valence-corrected chi connectivity index (χ2v) is 13.0. The van der Waals surface area contributed by atoms with Crippen LogP contribution >= 0.6 is 0 Å². The van der Waals surface area contributed by atoms with E-state index >= 15 is 0 Å². The number of fused-ring (bicyclic) bond motifs is 9. The van der Waals surface area contributed by atoms with Crippen LogP contribution in [0.2, 0.25) is 0 Å². The molecule has 50 heavy (non-hydrogen) atoms. The summed E-state index contributed by atoms with van der Waals surface area (Å²) in [6.07, 6.45) is 3.64. The van der Waals surface area contributed by atoms with Crippen molar-refractivity contribution in [2.45, 2.75) is 39.5 Å². The van der Waals surface area contributed by atoms with Gasteiger partial charge in [0, 0.05) is 28.5 Å². The maximum absolute atomic E-state index is 6.42. The zero-order valence-electron chi connectivity index (χ0n) is 28.0. The van der Waals surface area contributed by atoms with Crippen LogP contribution in [0.1, 0.15) is 50.7 Å². The smallest absolute Gasteiger partial charge is 0.478 e. The van der Waals surface area contributed by atoms with Crippen LogP contribution in [-0.2, 0) is 21.1 Å². The quantitative estimate of drug-likeness (QED) is 0.123. The average molecular weight is 832 g/mol. The van der Waals surface area contributed by atoms with Gasteiger partial charge < -0.3 is 13.7 Å². The van der Waals surface area contributed by atoms with Crippen LogP contribution in [-0.4, -0.2) is 29.1 Å². The van der Waals surface area contributed by atoms with Gasteiger partial charge in [0.25, 0.3) is 0 Å². The number of aromatic nitrogens is 6. The van der Waals surface area contributed by atoms with Gasteiger partial charge in [-0.2, -0.15) is 11.2 Å². The van der Waals surface area contributed by atoms with Gasteiger partial charge in [0.1, 0.15) is 11.7 Å². The number of pyridine rings is 3. The van der Waals surface area contributed by atoms with E-state index in [4.69, 9.17) is 14.9 Å². The van der Waals surface area contributed by atoms with Crippen molar-refractivity contribution in [2.75, 3.05) is 0 Å². The maximum atomic E-state index is 6.42. The van der Waals surface area contributed by atoms with Gasteiger partial charge in [-0.15, -0.1) is 22.1 Å². The Hall–Kier alpha value is -5.39. The second kappa shape index (κ2) is 12.5. The molecule has 0 aliphatic carbocycles. The molecule has 0 unspecified atom stereocenters. The molecule has 9 rings (SSSR count). The third kappa shape index (κ3) is 4.99. The minimum absolute atomic E-state index is 0. The van der Waals surface area contributed by atoms with Crippen molar-refractivity contribution in [3.05, 3.63) is 133 Å². The van der Waals surface area contributed by atoms with Gasteiger partial charge in [-0.3, -0.25) is 4.98 Å². The molecule has 0 atom stereocenters. The van der Waals surface area contributed by atoms with E-state index in [2.05, 4.69) is 119 Å². The molecule has 0 aliphatic heterocycles. The van der Waals surface area contributed by atoms with Crippen LogP contribution in [0.4, 0.5) is 0 Å². The first kappa shape index (κ1) is 31.9. The monoisotopic (exact) mass is 831 g/mol. The fourth-order valence-corrected chi connectivity index (χ4v) is 7.13. The Morgan fingerprint density at radius 2 is 1.34 bits per heavy atom. The SMILES string of the molecule is CC(C)c1cccc(C(C)C)c1-c1nnc2c3[c-]c(Oc4[c-]c5c(cn4)c4ccccc4n5-c4ccccn4)ccc3c3ccccc3n12.[Pt+2]. The molecule has 0 saturated carbocycles. The van der Waals surface area contributed by atoms with Crippen LogP contribution in [0.5, 0.6) is 11.6 Å². The van der Waals surface area contributed by atoms with E-state index in [0.29, 0.717) is 23.5 Å². The van der Waals surface area contributed by atoms with Crippen molar-refractivity contribution >= 4 is 49.1 Å². The van der Waals surface area contributed by atoms with Crippen LogP contribution < -0.4 is 4.74 Å². The molecular weight excluding hydrogens is 800 g/mol. The second-order valence-electron chi connectivity index (χ2n) is 13.0. The minimum atomic E-state index is 0. The number of hydrogen-bond acceptors (Lipinski definition) is 5. The number of benzene rings is 4. The summed E-state index contributed by atoms with van der Waals surface area (Å²) in [5, 5.41) is 14.7. The van der Waals surface area contributed by atoms with E-state index in [1.165, 1.54) is 11.1 Å². The van der Waals surface area contributed by atoms with Crippen molar-refractivity contribution in [1.29, 1.82) is 0 Å². The van der Waals surface area contributed by atoms with Crippen LogP contribution in [0.15, 0.2) is 109 Å². The molecule has 246 valence electrons. The topological polar surface area (TPSA) is 70.1 Å². The predicted octanol–water partition coefficient (Wildman–Crippen LogP) is 10.2. The summed E-state index contributed by atoms with van der Waals surface area (Å²) in [5.74, 6) is 3.13. The fraction of sp³-hybridized carbons (Fsp3) is 0.143. The Bertz CT molecular complexity index is 2690. The number of ether oxygens (including phenoxy) is 1. The Kier molecular flexibility index (Phi) is 7.96. The Morgan fingerprint density at radius 3 is 2.06 bits per heavy atom. The number of para-hydroxylation sites is 2. The molecule has 0 aliphatic rings. The van der Waals surface area contributed by atoms with E-state index in [1.807, 2.05) is 42.6 Å². The van der Waals surface area contributed by atoms with Crippen LogP contribution in [0.3, 0.4) is 0 Å². The molecular formula is C42H32N6OPt. The van der Waals surface area contributed by atoms with Crippen molar-refractivity contribution in [1.82, 2.24) is 29.1 Å². The van der Waals surface area contributed by atoms with Gasteiger partial charge in [0.05, 0.1) is 5.65 Å². The summed E-state index contributed by atoms with van der Waals surface area (Å²) in [6, 6.07) is 40.1. The van der Waals surface area contributed by atoms with Gasteiger partial charge in [0.15, 0.2) is 5.82 Å². The van der Waals surface area contributed by atoms with E-state index in [-0.39, 0.29) is 21.1 Å². The summed E-state index contributed by atoms with van der Waals surface area (Å²) < 4.78 is 10.7. The Labute approximate surface area is 303 Å². The zero-order chi connectivity index (χ0) is 33.2. The van der Waals surface area contributed by atoms with Gasteiger partial charge in [-0.05, 0) is 58.8 Å². The minimum Gasteiger partial charge on any atom is -0.478 e. The molecule has 7 nitrogen and oxygen atoms in total. The summed E-state index contributed by atoms with van der Waals surface area (Å²) in [6.45, 7) is 8.93. The van der Waals surface area contributed by atoms with E-state index < -0.39 is 0 Å². The third-order valence-corrected chi connectivity index (χ3v) is 9.37. The Morgan fingerprint density at radius 1 is 0.640 bits per heavy atom. The van der Waals surface area contributed by atoms with E-state index in [1.54, 1.807) is 6.20 Å². The number of rotatable bonds is 6. The number of nitrogens with zero attached hydrogens (tertiary/aromatic N) is 6. The van der Waals surface area contributed by atoms with Crippen molar-refractivity contribution in [3.63, 3.8) is 0 Å². The number of hydrogen-bond donors (Lipinski definition) is 0. The summed E-state index contributed by atoms with van der Waals surface area (Å²) in [4.78, 5) is 9.32. The standard InChI is InChI=1S/C42H32N6O.Pt/c1-25(2)28-14-11-15-29(26(3)4)40(28)42-46-45-41-33-22-27(19-20-30(33)31-12-5-8-17-36(31)48(41)42)49-39-23-37-34(24-44-39)32-13-6-7-16-35(32)47(37)38-18-9-10-21-43-38;/h5-21,24-26H,1-4H3;/q-2;+2. The molecule has 0 radical (unpaired) electrons. The first-order valence-electron chi connectivity index (χ1n) is 16.6. The third-order valence-electron chi connectivity index (χ3n) is 9.37. The van der Waals surface area contributed by atoms with E-state index in [9.17, 15) is 0 Å². The molecule has 8 heteroatoms. The molecule has 0 bridgehead atoms. The first-order chi connectivity index (χ1) is 24.0. The van der Waals surface area contributed by atoms with Gasteiger partial charge in [0.2, 0.25) is 0 Å². The van der Waals surface area contributed by atoms with Crippen molar-refractivity contribution in [2.24, 2.45) is 0 Å². The molecule has 0 spiro atoms. The predicted molar refractivity (Wildman–Crippen MR) is 196 cm³/mol. The van der Waals surface area contributed by atoms with Crippen LogP contribution in [0, 0.1) is 12.1 Å². The largest absolute Gasteiger partial charge is 2.00 e. The summed E-state index contributed by atoms with van der Waals surface area (Å²) >= 11 is 0. The zero-order valence-corrected chi connectivity index (χ0v) is 30.2. The first-order valence-corrected chi connectivity index (χ1v) is 16.6. The van der Waals surface area contributed by atoms with Gasteiger partial charge in [-0.1, -0.05) is 117 Å². The fourth-order valence-electron chi connectivity index (χ4n) is 7.13. The van der Waals surface area contributed by atoms with E-state index in [0.717, 1.165) is 66.3 Å². The van der Waals surface area contributed by atoms with Crippen molar-refractivity contribution < 1.29 is 25.8 Å². The molecule has 0 fully saturated rings. The molecule has 5 heterocycles. The van der Waals surface area contributed by atoms with Crippen LogP contribution in [0.25, 0.3) is 66.3 Å². The van der Waals surface area contributed by atoms with Gasteiger partial charge >= 0.3 is 21.1 Å². The summed E-state index contributed by atoms with van der Waals surface area (Å²) in [7, 11) is 0. The van der Waals surface area contributed by atoms with Gasteiger partial charge in [-0.25, -0.2) is 4.98 Å². The molecule has 5 aromatic heterocycles. The molecule has 0 saturated heterocycles. The molecule has 9 aromatic rings. The normalized spacial score (nSPS) is 11.8. The molecule has 0 amide bonds.